The van der Waals surface area contributed by atoms with E-state index in [4.69, 9.17) is 0 Å². The monoisotopic (exact) mass is 565 g/mol. The summed E-state index contributed by atoms with van der Waals surface area (Å²) >= 11 is 0. The molecule has 0 unspecified atom stereocenters. The highest BCUT2D eigenvalue weighted by Crippen LogP contribution is 2.24. The first-order valence-electron chi connectivity index (χ1n) is 14.0. The molecule has 8 nitrogen and oxygen atoms in total. The number of nitrogens with one attached hydrogen (secondary N) is 3. The predicted molar refractivity (Wildman–Crippen MR) is 160 cm³/mol. The van der Waals surface area contributed by atoms with Gasteiger partial charge in [0.2, 0.25) is 23.6 Å². The number of rotatable bonds is 11. The molecule has 8 heteroatoms. The second kappa shape index (κ2) is 13.7. The van der Waals surface area contributed by atoms with E-state index in [0.717, 1.165) is 22.3 Å². The van der Waals surface area contributed by atoms with Gasteiger partial charge in [-0.3, -0.25) is 29.3 Å². The Hall–Kier alpha value is -4.85. The van der Waals surface area contributed by atoms with Gasteiger partial charge in [0.15, 0.2) is 5.78 Å². The van der Waals surface area contributed by atoms with Crippen LogP contribution in [-0.4, -0.2) is 35.5 Å². The maximum absolute atomic E-state index is 13.2. The summed E-state index contributed by atoms with van der Waals surface area (Å²) in [5, 5.41) is 7.84. The number of Topliss-reactive ketones (excluding diaryl/α,β-unsaturated/α-hetero) is 1. The largest absolute Gasteiger partial charge is 0.346 e. The van der Waals surface area contributed by atoms with Gasteiger partial charge in [0.05, 0.1) is 24.4 Å². The van der Waals surface area contributed by atoms with Crippen molar-refractivity contribution in [3.05, 3.63) is 102 Å². The van der Waals surface area contributed by atoms with Crippen LogP contribution in [0.5, 0.6) is 0 Å². The summed E-state index contributed by atoms with van der Waals surface area (Å²) < 4.78 is 0. The minimum atomic E-state index is -1.15. The van der Waals surface area contributed by atoms with Gasteiger partial charge in [0, 0.05) is 6.08 Å². The molecule has 0 radical (unpaired) electrons. The van der Waals surface area contributed by atoms with Crippen molar-refractivity contribution >= 4 is 35.5 Å². The van der Waals surface area contributed by atoms with Crippen molar-refractivity contribution in [2.24, 2.45) is 17.8 Å². The maximum atomic E-state index is 13.2. The Labute approximate surface area is 245 Å². The van der Waals surface area contributed by atoms with Crippen molar-refractivity contribution < 1.29 is 24.0 Å². The van der Waals surface area contributed by atoms with E-state index in [0.29, 0.717) is 0 Å². The Morgan fingerprint density at radius 1 is 0.810 bits per heavy atom. The Morgan fingerprint density at radius 3 is 1.98 bits per heavy atom. The van der Waals surface area contributed by atoms with Crippen LogP contribution in [0.15, 0.2) is 91.0 Å². The molecule has 1 aliphatic heterocycles. The number of hydrogen-bond acceptors (Lipinski definition) is 5. The molecule has 1 heterocycles. The molecule has 216 valence electrons. The molecule has 3 aromatic carbocycles. The number of carbonyl (C=O) groups is 5. The summed E-state index contributed by atoms with van der Waals surface area (Å²) in [6.45, 7) is 5.04. The molecule has 0 aromatic heterocycles. The van der Waals surface area contributed by atoms with Crippen molar-refractivity contribution in [1.29, 1.82) is 0 Å². The van der Waals surface area contributed by atoms with Crippen molar-refractivity contribution in [3.8, 4) is 11.1 Å². The summed E-state index contributed by atoms with van der Waals surface area (Å²) in [6, 6.07) is 25.3. The predicted octanol–water partition coefficient (Wildman–Crippen LogP) is 4.23. The second-order valence-electron chi connectivity index (χ2n) is 10.8. The fourth-order valence-electron chi connectivity index (χ4n) is 4.99. The maximum Gasteiger partial charge on any atom is 0.244 e. The number of imide groups is 1. The van der Waals surface area contributed by atoms with Crippen LogP contribution < -0.4 is 16.0 Å². The zero-order valence-electron chi connectivity index (χ0n) is 23.9. The van der Waals surface area contributed by atoms with Gasteiger partial charge in [0.1, 0.15) is 5.92 Å². The third-order valence-electron chi connectivity index (χ3n) is 7.39. The topological polar surface area (TPSA) is 121 Å². The number of ketones is 1. The van der Waals surface area contributed by atoms with Crippen LogP contribution in [0.2, 0.25) is 0 Å². The van der Waals surface area contributed by atoms with Gasteiger partial charge in [-0.15, -0.1) is 0 Å². The van der Waals surface area contributed by atoms with Gasteiger partial charge >= 0.3 is 0 Å². The summed E-state index contributed by atoms with van der Waals surface area (Å²) in [5.41, 5.74) is 3.75. The third kappa shape index (κ3) is 7.46. The lowest BCUT2D eigenvalue weighted by Gasteiger charge is -2.25. The Kier molecular flexibility index (Phi) is 9.81. The van der Waals surface area contributed by atoms with E-state index in [1.807, 2.05) is 84.9 Å². The zero-order valence-corrected chi connectivity index (χ0v) is 23.9. The summed E-state index contributed by atoms with van der Waals surface area (Å²) in [4.78, 5) is 63.5. The molecular weight excluding hydrogens is 530 g/mol. The first kappa shape index (κ1) is 30.1. The highest BCUT2D eigenvalue weighted by Gasteiger charge is 2.46. The fraction of sp³-hybridized carbons (Fsp3) is 0.265. The Morgan fingerprint density at radius 2 is 1.40 bits per heavy atom. The van der Waals surface area contributed by atoms with E-state index < -0.39 is 47.4 Å². The highest BCUT2D eigenvalue weighted by molar-refractivity contribution is 6.16. The van der Waals surface area contributed by atoms with E-state index in [9.17, 15) is 24.0 Å². The minimum Gasteiger partial charge on any atom is -0.346 e. The molecular formula is C34H35N3O5. The number of benzene rings is 3. The third-order valence-corrected chi connectivity index (χ3v) is 7.39. The fourth-order valence-corrected chi connectivity index (χ4v) is 4.99. The van der Waals surface area contributed by atoms with Crippen molar-refractivity contribution in [2.45, 2.75) is 39.3 Å². The van der Waals surface area contributed by atoms with Crippen LogP contribution in [0, 0.1) is 17.8 Å². The molecule has 1 fully saturated rings. The molecule has 0 spiro atoms. The standard InChI is InChI=1S/C34H35N3O5/c1-21(2)31(32(40)30-22(3)33(41)37-34(30)42)36-29(39)20-27(26-12-8-5-9-13-26)35-28(38)19-16-23-14-17-25(18-15-23)24-10-6-4-7-11-24/h4-19,21-22,27,30-31H,20H2,1-3H3,(H,35,38)(H,36,39)(H,37,41,42)/b19-16+/t22-,27-,30+,31-/m0/s1. The number of carbonyl (C=O) groups excluding carboxylic acids is 5. The first-order chi connectivity index (χ1) is 20.1. The Balaban J connectivity index is 1.43. The molecule has 1 saturated heterocycles. The van der Waals surface area contributed by atoms with Crippen molar-refractivity contribution in [3.63, 3.8) is 0 Å². The first-order valence-corrected chi connectivity index (χ1v) is 14.0. The minimum absolute atomic E-state index is 0.128. The molecule has 0 bridgehead atoms. The summed E-state index contributed by atoms with van der Waals surface area (Å²) in [6.07, 6.45) is 2.99. The van der Waals surface area contributed by atoms with Crippen LogP contribution in [-0.2, 0) is 24.0 Å². The van der Waals surface area contributed by atoms with Gasteiger partial charge in [-0.1, -0.05) is 106 Å². The molecule has 1 aliphatic rings. The van der Waals surface area contributed by atoms with Crippen LogP contribution >= 0.6 is 0 Å². The van der Waals surface area contributed by atoms with Gasteiger partial charge in [0.25, 0.3) is 0 Å². The van der Waals surface area contributed by atoms with Crippen LogP contribution in [0.1, 0.15) is 44.4 Å². The van der Waals surface area contributed by atoms with Crippen LogP contribution in [0.4, 0.5) is 0 Å². The number of hydrogen-bond donors (Lipinski definition) is 3. The molecule has 42 heavy (non-hydrogen) atoms. The molecule has 0 saturated carbocycles. The SMILES string of the molecule is CC(C)[C@H](NC(=O)C[C@H](NC(=O)/C=C/c1ccc(-c2ccccc2)cc1)c1ccccc1)C(=O)[C@@H]1C(=O)NC(=O)[C@H]1C. The normalized spacial score (nSPS) is 18.0. The van der Waals surface area contributed by atoms with Gasteiger partial charge in [-0.25, -0.2) is 0 Å². The van der Waals surface area contributed by atoms with Gasteiger partial charge in [-0.05, 0) is 34.2 Å². The average Bonchev–Trinajstić information content (AvgIpc) is 3.25. The van der Waals surface area contributed by atoms with Crippen molar-refractivity contribution in [2.75, 3.05) is 0 Å². The van der Waals surface area contributed by atoms with E-state index in [-0.39, 0.29) is 18.2 Å². The quantitative estimate of drug-likeness (QED) is 0.183. The molecule has 3 aromatic rings. The smallest absolute Gasteiger partial charge is 0.244 e. The summed E-state index contributed by atoms with van der Waals surface area (Å²) in [5.74, 6) is -4.77. The summed E-state index contributed by atoms with van der Waals surface area (Å²) in [7, 11) is 0. The lowest BCUT2D eigenvalue weighted by atomic mass is 9.85. The average molecular weight is 566 g/mol. The van der Waals surface area contributed by atoms with E-state index in [1.54, 1.807) is 19.9 Å². The van der Waals surface area contributed by atoms with Gasteiger partial charge < -0.3 is 10.6 Å². The molecule has 0 aliphatic carbocycles. The lowest BCUT2D eigenvalue weighted by Crippen LogP contribution is -2.49. The highest BCUT2D eigenvalue weighted by atomic mass is 16.2. The zero-order chi connectivity index (χ0) is 30.2. The molecule has 4 amide bonds. The van der Waals surface area contributed by atoms with Crippen molar-refractivity contribution in [1.82, 2.24) is 16.0 Å². The van der Waals surface area contributed by atoms with E-state index in [2.05, 4.69) is 16.0 Å². The Bertz CT molecular complexity index is 1470. The van der Waals surface area contributed by atoms with Crippen LogP contribution in [0.25, 0.3) is 17.2 Å². The van der Waals surface area contributed by atoms with Crippen LogP contribution in [0.3, 0.4) is 0 Å². The molecule has 4 atom stereocenters. The second-order valence-corrected chi connectivity index (χ2v) is 10.8. The van der Waals surface area contributed by atoms with Gasteiger partial charge in [-0.2, -0.15) is 0 Å². The number of amides is 4. The molecule has 3 N–H and O–H groups in total. The lowest BCUT2D eigenvalue weighted by molar-refractivity contribution is -0.137. The van der Waals surface area contributed by atoms with E-state index >= 15 is 0 Å². The van der Waals surface area contributed by atoms with E-state index in [1.165, 1.54) is 13.0 Å². The molecule has 4 rings (SSSR count).